The minimum absolute atomic E-state index is 0.135. The SMILES string of the molecule is O=C([CH]Cc1ccccc1)N1C[C@@H](O)[C@@H](O)C1. The summed E-state index contributed by atoms with van der Waals surface area (Å²) in [6.07, 6.45) is 0.524. The molecule has 91 valence electrons. The number of hydrogen-bond acceptors (Lipinski definition) is 3. The standard InChI is InChI=1S/C13H16NO3/c15-11-8-14(9-12(11)16)13(17)7-6-10-4-2-1-3-5-10/h1-5,7,11-12,15-16H,6,8-9H2/t11-,12+. The Labute approximate surface area is 100 Å². The first-order valence-electron chi connectivity index (χ1n) is 5.69. The van der Waals surface area contributed by atoms with Crippen molar-refractivity contribution in [2.75, 3.05) is 13.1 Å². The van der Waals surface area contributed by atoms with Crippen LogP contribution in [0.15, 0.2) is 30.3 Å². The molecular formula is C13H16NO3. The average molecular weight is 234 g/mol. The topological polar surface area (TPSA) is 60.8 Å². The van der Waals surface area contributed by atoms with Crippen molar-refractivity contribution >= 4 is 5.91 Å². The van der Waals surface area contributed by atoms with Gasteiger partial charge in [0.15, 0.2) is 0 Å². The summed E-state index contributed by atoms with van der Waals surface area (Å²) < 4.78 is 0. The zero-order valence-electron chi connectivity index (χ0n) is 9.49. The molecule has 4 heteroatoms. The average Bonchev–Trinajstić information content (AvgIpc) is 2.68. The van der Waals surface area contributed by atoms with Crippen LogP contribution in [0.2, 0.25) is 0 Å². The molecule has 1 heterocycles. The van der Waals surface area contributed by atoms with Crippen molar-refractivity contribution in [3.8, 4) is 0 Å². The summed E-state index contributed by atoms with van der Waals surface area (Å²) in [5.74, 6) is -0.135. The normalized spacial score (nSPS) is 24.0. The van der Waals surface area contributed by atoms with Gasteiger partial charge in [0, 0.05) is 13.1 Å². The Morgan fingerprint density at radius 3 is 2.41 bits per heavy atom. The van der Waals surface area contributed by atoms with Crippen molar-refractivity contribution in [2.24, 2.45) is 0 Å². The van der Waals surface area contributed by atoms with E-state index in [2.05, 4.69) is 0 Å². The molecule has 2 atom stereocenters. The molecule has 2 N–H and O–H groups in total. The second-order valence-electron chi connectivity index (χ2n) is 4.27. The lowest BCUT2D eigenvalue weighted by atomic mass is 10.1. The van der Waals surface area contributed by atoms with Crippen LogP contribution >= 0.6 is 0 Å². The fourth-order valence-electron chi connectivity index (χ4n) is 1.90. The Morgan fingerprint density at radius 2 is 1.82 bits per heavy atom. The summed E-state index contributed by atoms with van der Waals surface area (Å²) in [5, 5.41) is 18.7. The number of aliphatic hydroxyl groups excluding tert-OH is 2. The largest absolute Gasteiger partial charge is 0.388 e. The Morgan fingerprint density at radius 1 is 1.24 bits per heavy atom. The highest BCUT2D eigenvalue weighted by Crippen LogP contribution is 2.12. The molecule has 17 heavy (non-hydrogen) atoms. The number of amides is 1. The Bertz CT molecular complexity index is 370. The highest BCUT2D eigenvalue weighted by molar-refractivity contribution is 5.85. The maximum absolute atomic E-state index is 11.8. The van der Waals surface area contributed by atoms with Gasteiger partial charge in [-0.2, -0.15) is 0 Å². The third kappa shape index (κ3) is 3.05. The summed E-state index contributed by atoms with van der Waals surface area (Å²) in [7, 11) is 0. The molecule has 1 aromatic rings. The molecule has 0 spiro atoms. The lowest BCUT2D eigenvalue weighted by Gasteiger charge is -2.14. The van der Waals surface area contributed by atoms with E-state index in [9.17, 15) is 15.0 Å². The smallest absolute Gasteiger partial charge is 0.227 e. The first kappa shape index (κ1) is 12.1. The van der Waals surface area contributed by atoms with E-state index >= 15 is 0 Å². The highest BCUT2D eigenvalue weighted by Gasteiger charge is 2.32. The molecule has 0 unspecified atom stereocenters. The van der Waals surface area contributed by atoms with E-state index in [0.29, 0.717) is 6.42 Å². The number of nitrogens with zero attached hydrogens (tertiary/aromatic N) is 1. The fraction of sp³-hybridized carbons (Fsp3) is 0.385. The molecule has 0 bridgehead atoms. The van der Waals surface area contributed by atoms with Gasteiger partial charge < -0.3 is 15.1 Å². The maximum atomic E-state index is 11.8. The number of aliphatic hydroxyl groups is 2. The lowest BCUT2D eigenvalue weighted by Crippen LogP contribution is -2.30. The highest BCUT2D eigenvalue weighted by atomic mass is 16.3. The number of β-amino-alcohol motifs (C(OH)–C–C–N with tert-alkyl or cyclic N) is 2. The third-order valence-corrected chi connectivity index (χ3v) is 2.93. The maximum Gasteiger partial charge on any atom is 0.227 e. The quantitative estimate of drug-likeness (QED) is 0.773. The summed E-state index contributed by atoms with van der Waals surface area (Å²) in [4.78, 5) is 13.2. The van der Waals surface area contributed by atoms with Crippen molar-refractivity contribution in [1.82, 2.24) is 4.90 Å². The number of carbonyl (C=O) groups excluding carboxylic acids is 1. The zero-order valence-corrected chi connectivity index (χ0v) is 9.49. The molecule has 1 saturated heterocycles. The van der Waals surface area contributed by atoms with Crippen molar-refractivity contribution in [3.05, 3.63) is 42.3 Å². The van der Waals surface area contributed by atoms with E-state index in [1.807, 2.05) is 30.3 Å². The van der Waals surface area contributed by atoms with Gasteiger partial charge in [-0.1, -0.05) is 30.3 Å². The molecular weight excluding hydrogens is 218 g/mol. The fourth-order valence-corrected chi connectivity index (χ4v) is 1.90. The number of benzene rings is 1. The molecule has 0 aliphatic carbocycles. The van der Waals surface area contributed by atoms with E-state index in [4.69, 9.17) is 0 Å². The predicted octanol–water partition coefficient (Wildman–Crippen LogP) is -0.00261. The molecule has 1 aliphatic heterocycles. The third-order valence-electron chi connectivity index (χ3n) is 2.93. The summed E-state index contributed by atoms with van der Waals surface area (Å²) in [6.45, 7) is 0.427. The van der Waals surface area contributed by atoms with E-state index in [-0.39, 0.29) is 19.0 Å². The number of hydrogen-bond donors (Lipinski definition) is 2. The van der Waals surface area contributed by atoms with Gasteiger partial charge in [0.2, 0.25) is 5.91 Å². The molecule has 0 aromatic heterocycles. The van der Waals surface area contributed by atoms with Crippen LogP contribution in [0.4, 0.5) is 0 Å². The van der Waals surface area contributed by atoms with Crippen LogP contribution in [-0.4, -0.2) is 46.3 Å². The predicted molar refractivity (Wildman–Crippen MR) is 63.0 cm³/mol. The van der Waals surface area contributed by atoms with E-state index < -0.39 is 12.2 Å². The Balaban J connectivity index is 1.82. The van der Waals surface area contributed by atoms with Crippen LogP contribution in [-0.2, 0) is 11.2 Å². The Kier molecular flexibility index (Phi) is 3.76. The monoisotopic (exact) mass is 234 g/mol. The molecule has 2 rings (SSSR count). The van der Waals surface area contributed by atoms with Crippen LogP contribution in [0.1, 0.15) is 5.56 Å². The molecule has 1 amide bonds. The first-order valence-corrected chi connectivity index (χ1v) is 5.69. The van der Waals surface area contributed by atoms with Crippen LogP contribution in [0.3, 0.4) is 0 Å². The van der Waals surface area contributed by atoms with Gasteiger partial charge >= 0.3 is 0 Å². The molecule has 0 saturated carbocycles. The van der Waals surface area contributed by atoms with Crippen molar-refractivity contribution in [1.29, 1.82) is 0 Å². The van der Waals surface area contributed by atoms with Crippen LogP contribution in [0, 0.1) is 6.42 Å². The number of rotatable bonds is 3. The van der Waals surface area contributed by atoms with Gasteiger partial charge in [0.25, 0.3) is 0 Å². The second kappa shape index (κ2) is 5.29. The van der Waals surface area contributed by atoms with E-state index in [1.54, 1.807) is 6.42 Å². The summed E-state index contributed by atoms with van der Waals surface area (Å²) >= 11 is 0. The first-order chi connectivity index (χ1) is 8.16. The lowest BCUT2D eigenvalue weighted by molar-refractivity contribution is -0.127. The number of likely N-dealkylation sites (tertiary alicyclic amines) is 1. The molecule has 1 aliphatic rings. The van der Waals surface area contributed by atoms with Gasteiger partial charge in [-0.3, -0.25) is 4.79 Å². The summed E-state index contributed by atoms with van der Waals surface area (Å²) in [5.41, 5.74) is 1.07. The van der Waals surface area contributed by atoms with Gasteiger partial charge in [-0.15, -0.1) is 0 Å². The van der Waals surface area contributed by atoms with E-state index in [0.717, 1.165) is 5.56 Å². The van der Waals surface area contributed by atoms with E-state index in [1.165, 1.54) is 4.90 Å². The zero-order chi connectivity index (χ0) is 12.3. The van der Waals surface area contributed by atoms with Crippen LogP contribution in [0.25, 0.3) is 0 Å². The van der Waals surface area contributed by atoms with Crippen molar-refractivity contribution < 1.29 is 15.0 Å². The molecule has 4 nitrogen and oxygen atoms in total. The molecule has 1 aromatic carbocycles. The second-order valence-corrected chi connectivity index (χ2v) is 4.27. The molecule has 1 fully saturated rings. The minimum Gasteiger partial charge on any atom is -0.388 e. The van der Waals surface area contributed by atoms with Gasteiger partial charge in [-0.05, 0) is 12.0 Å². The van der Waals surface area contributed by atoms with Gasteiger partial charge in [0.05, 0.1) is 18.6 Å². The van der Waals surface area contributed by atoms with Crippen molar-refractivity contribution in [3.63, 3.8) is 0 Å². The molecule has 1 radical (unpaired) electrons. The number of carbonyl (C=O) groups is 1. The van der Waals surface area contributed by atoms with Crippen molar-refractivity contribution in [2.45, 2.75) is 18.6 Å². The van der Waals surface area contributed by atoms with Gasteiger partial charge in [-0.25, -0.2) is 0 Å². The van der Waals surface area contributed by atoms with Crippen LogP contribution < -0.4 is 0 Å². The van der Waals surface area contributed by atoms with Crippen LogP contribution in [0.5, 0.6) is 0 Å². The minimum atomic E-state index is -0.816. The summed E-state index contributed by atoms with van der Waals surface area (Å²) in [6, 6.07) is 9.70. The van der Waals surface area contributed by atoms with Gasteiger partial charge in [0.1, 0.15) is 0 Å². The Hall–Kier alpha value is -1.39.